The third-order valence-electron chi connectivity index (χ3n) is 5.99. The lowest BCUT2D eigenvalue weighted by atomic mass is 10.1. The van der Waals surface area contributed by atoms with Gasteiger partial charge in [0.2, 0.25) is 0 Å². The lowest BCUT2D eigenvalue weighted by Crippen LogP contribution is -2.03. The van der Waals surface area contributed by atoms with Crippen LogP contribution in [0.2, 0.25) is 10.0 Å². The maximum Gasteiger partial charge on any atom is 0.197 e. The molecule has 0 radical (unpaired) electrons. The van der Waals surface area contributed by atoms with Gasteiger partial charge in [-0.15, -0.1) is 11.3 Å². The van der Waals surface area contributed by atoms with E-state index in [2.05, 4.69) is 4.85 Å². The molecule has 2 heterocycles. The van der Waals surface area contributed by atoms with E-state index in [0.29, 0.717) is 11.5 Å². The number of aromatic nitrogens is 2. The molecule has 36 heavy (non-hydrogen) atoms. The van der Waals surface area contributed by atoms with Crippen molar-refractivity contribution in [2.75, 3.05) is 0 Å². The predicted molar refractivity (Wildman–Crippen MR) is 144 cm³/mol. The fourth-order valence-electron chi connectivity index (χ4n) is 4.25. The van der Waals surface area contributed by atoms with Crippen LogP contribution in [-0.2, 0) is 0 Å². The second-order valence-electron chi connectivity index (χ2n) is 8.13. The van der Waals surface area contributed by atoms with Crippen LogP contribution in [0.25, 0.3) is 37.4 Å². The van der Waals surface area contributed by atoms with Crippen molar-refractivity contribution in [2.45, 2.75) is 0 Å². The van der Waals surface area contributed by atoms with E-state index >= 15 is 0 Å². The van der Waals surface area contributed by atoms with Gasteiger partial charge in [-0.2, -0.15) is 0 Å². The van der Waals surface area contributed by atoms with Crippen molar-refractivity contribution in [2.24, 2.45) is 0 Å². The highest BCUT2D eigenvalue weighted by molar-refractivity contribution is 7.21. The molecule has 1 aliphatic carbocycles. The summed E-state index contributed by atoms with van der Waals surface area (Å²) in [7, 11) is 0. The minimum absolute atomic E-state index is 0.0214. The second kappa shape index (κ2) is 8.58. The maximum absolute atomic E-state index is 13.1. The average molecular weight is 526 g/mol. The Morgan fingerprint density at radius 2 is 1.53 bits per heavy atom. The number of imidazole rings is 1. The number of carbonyl (C=O) groups is 2. The zero-order chi connectivity index (χ0) is 25.0. The molecule has 0 atom stereocenters. The number of allylic oxidation sites excluding steroid dienone is 1. The molecule has 2 aromatic heterocycles. The SMILES string of the molecule is [C-]#[N+]c1ccc(-c2cc3c(nc(C=C4C(=O)c5cc(Cl)c(Cl)cc5C4=O)n3-c3ccccc3)s2)cc1. The Labute approximate surface area is 219 Å². The topological polar surface area (TPSA) is 56.3 Å². The van der Waals surface area contributed by atoms with E-state index in [-0.39, 0.29) is 26.7 Å². The number of thiophene rings is 1. The number of halogens is 2. The predicted octanol–water partition coefficient (Wildman–Crippen LogP) is 8.07. The summed E-state index contributed by atoms with van der Waals surface area (Å²) in [5, 5.41) is 0.446. The molecule has 5 aromatic rings. The van der Waals surface area contributed by atoms with Gasteiger partial charge in [0.15, 0.2) is 17.3 Å². The molecule has 172 valence electrons. The summed E-state index contributed by atoms with van der Waals surface area (Å²) >= 11 is 13.7. The Morgan fingerprint density at radius 1 is 0.889 bits per heavy atom. The summed E-state index contributed by atoms with van der Waals surface area (Å²) in [4.78, 5) is 36.3. The van der Waals surface area contributed by atoms with Crippen LogP contribution >= 0.6 is 34.5 Å². The molecule has 0 spiro atoms. The van der Waals surface area contributed by atoms with Gasteiger partial charge in [-0.1, -0.05) is 65.7 Å². The van der Waals surface area contributed by atoms with Crippen LogP contribution in [0, 0.1) is 6.57 Å². The van der Waals surface area contributed by atoms with Crippen LogP contribution in [0.4, 0.5) is 5.69 Å². The normalized spacial score (nSPS) is 12.8. The number of hydrogen-bond donors (Lipinski definition) is 0. The molecular formula is C28H13Cl2N3O2S. The number of benzene rings is 3. The zero-order valence-electron chi connectivity index (χ0n) is 18.3. The molecule has 5 nitrogen and oxygen atoms in total. The smallest absolute Gasteiger partial charge is 0.197 e. The van der Waals surface area contributed by atoms with Crippen LogP contribution in [0.1, 0.15) is 26.5 Å². The number of carbonyl (C=O) groups excluding carboxylic acids is 2. The van der Waals surface area contributed by atoms with Crippen LogP contribution in [-0.4, -0.2) is 21.1 Å². The molecule has 1 aliphatic rings. The number of nitrogens with zero attached hydrogens (tertiary/aromatic N) is 3. The first-order valence-electron chi connectivity index (χ1n) is 10.8. The van der Waals surface area contributed by atoms with Gasteiger partial charge in [0.25, 0.3) is 0 Å². The van der Waals surface area contributed by atoms with Crippen LogP contribution in [0.3, 0.4) is 0 Å². The van der Waals surface area contributed by atoms with Crippen molar-refractivity contribution >= 4 is 68.2 Å². The number of rotatable bonds is 3. The van der Waals surface area contributed by atoms with Gasteiger partial charge in [-0.3, -0.25) is 14.2 Å². The number of Topliss-reactive ketones (excluding diaryl/α,β-unsaturated/α-hetero) is 2. The highest BCUT2D eigenvalue weighted by Gasteiger charge is 2.34. The molecule has 0 bridgehead atoms. The van der Waals surface area contributed by atoms with E-state index in [4.69, 9.17) is 34.8 Å². The minimum Gasteiger partial charge on any atom is -0.292 e. The van der Waals surface area contributed by atoms with E-state index in [1.54, 1.807) is 12.1 Å². The van der Waals surface area contributed by atoms with Gasteiger partial charge in [-0.25, -0.2) is 9.83 Å². The number of para-hydroxylation sites is 1. The van der Waals surface area contributed by atoms with Gasteiger partial charge < -0.3 is 0 Å². The fraction of sp³-hybridized carbons (Fsp3) is 0. The number of hydrogen-bond acceptors (Lipinski definition) is 4. The largest absolute Gasteiger partial charge is 0.292 e. The lowest BCUT2D eigenvalue weighted by molar-refractivity contribution is 0.0990. The molecule has 8 heteroatoms. The molecule has 0 unspecified atom stereocenters. The summed E-state index contributed by atoms with van der Waals surface area (Å²) in [6.45, 7) is 7.16. The molecule has 0 saturated carbocycles. The molecule has 0 fully saturated rings. The van der Waals surface area contributed by atoms with E-state index in [9.17, 15) is 9.59 Å². The molecular weight excluding hydrogens is 513 g/mol. The van der Waals surface area contributed by atoms with E-state index in [1.165, 1.54) is 29.5 Å². The number of fused-ring (bicyclic) bond motifs is 2. The summed E-state index contributed by atoms with van der Waals surface area (Å²) in [6, 6.07) is 21.9. The van der Waals surface area contributed by atoms with Crippen molar-refractivity contribution in [3.05, 3.63) is 117 Å². The van der Waals surface area contributed by atoms with Crippen molar-refractivity contribution in [1.29, 1.82) is 0 Å². The highest BCUT2D eigenvalue weighted by atomic mass is 35.5. The molecule has 0 N–H and O–H groups in total. The second-order valence-corrected chi connectivity index (χ2v) is 9.97. The quantitative estimate of drug-likeness (QED) is 0.136. The number of ketones is 2. The Balaban J connectivity index is 1.51. The van der Waals surface area contributed by atoms with Crippen LogP contribution in [0.5, 0.6) is 0 Å². The summed E-state index contributed by atoms with van der Waals surface area (Å²) in [5.74, 6) is -0.334. The van der Waals surface area contributed by atoms with Crippen LogP contribution < -0.4 is 0 Å². The van der Waals surface area contributed by atoms with Crippen molar-refractivity contribution in [3.8, 4) is 16.1 Å². The van der Waals surface area contributed by atoms with Crippen molar-refractivity contribution < 1.29 is 9.59 Å². The summed E-state index contributed by atoms with van der Waals surface area (Å²) in [5.41, 5.74) is 3.76. The van der Waals surface area contributed by atoms with Gasteiger partial charge >= 0.3 is 0 Å². The van der Waals surface area contributed by atoms with Crippen molar-refractivity contribution in [3.63, 3.8) is 0 Å². The Hall–Kier alpha value is -4.02. The first-order valence-corrected chi connectivity index (χ1v) is 12.4. The van der Waals surface area contributed by atoms with Crippen molar-refractivity contribution in [1.82, 2.24) is 9.55 Å². The zero-order valence-corrected chi connectivity index (χ0v) is 20.7. The van der Waals surface area contributed by atoms with E-state index < -0.39 is 11.6 Å². The average Bonchev–Trinajstić information content (AvgIpc) is 3.52. The minimum atomic E-state index is -0.403. The van der Waals surface area contributed by atoms with Gasteiger partial charge in [0.05, 0.1) is 27.7 Å². The van der Waals surface area contributed by atoms with Gasteiger partial charge in [0.1, 0.15) is 10.7 Å². The third-order valence-corrected chi connectivity index (χ3v) is 7.78. The molecule has 0 aliphatic heterocycles. The Bertz CT molecular complexity index is 1750. The standard InChI is InChI=1S/C28H13Cl2N3O2S/c1-31-16-9-7-15(8-10-16)24-14-23-28(36-24)32-25(33(23)17-5-3-2-4-6-17)13-20-26(34)18-11-21(29)22(30)12-19(18)27(20)35/h2-14H. The van der Waals surface area contributed by atoms with Gasteiger partial charge in [0, 0.05) is 21.7 Å². The summed E-state index contributed by atoms with van der Waals surface area (Å²) < 4.78 is 1.93. The molecule has 3 aromatic carbocycles. The molecule has 0 saturated heterocycles. The van der Waals surface area contributed by atoms with E-state index in [0.717, 1.165) is 26.5 Å². The molecule has 6 rings (SSSR count). The Morgan fingerprint density at radius 3 is 2.14 bits per heavy atom. The fourth-order valence-corrected chi connectivity index (χ4v) is 5.61. The first kappa shape index (κ1) is 22.4. The molecule has 0 amide bonds. The van der Waals surface area contributed by atoms with E-state index in [1.807, 2.05) is 53.1 Å². The highest BCUT2D eigenvalue weighted by Crippen LogP contribution is 2.38. The Kier molecular flexibility index (Phi) is 5.35. The lowest BCUT2D eigenvalue weighted by Gasteiger charge is -2.07. The third kappa shape index (κ3) is 3.57. The van der Waals surface area contributed by atoms with Gasteiger partial charge in [-0.05, 0) is 42.0 Å². The summed E-state index contributed by atoms with van der Waals surface area (Å²) in [6.07, 6.45) is 1.54. The monoisotopic (exact) mass is 525 g/mol. The first-order chi connectivity index (χ1) is 17.4. The van der Waals surface area contributed by atoms with Crippen LogP contribution in [0.15, 0.2) is 78.4 Å². The maximum atomic E-state index is 13.1.